The summed E-state index contributed by atoms with van der Waals surface area (Å²) in [6.45, 7) is 0. The van der Waals surface area contributed by atoms with Crippen molar-refractivity contribution in [1.82, 2.24) is 0 Å². The molecule has 0 radical (unpaired) electrons. The Balaban J connectivity index is 2.07. The lowest BCUT2D eigenvalue weighted by Crippen LogP contribution is -2.19. The zero-order chi connectivity index (χ0) is 13.8. The lowest BCUT2D eigenvalue weighted by molar-refractivity contribution is 0.584. The van der Waals surface area contributed by atoms with E-state index < -0.39 is 11.6 Å². The summed E-state index contributed by atoms with van der Waals surface area (Å²) in [6, 6.07) is 10.1. The average Bonchev–Trinajstić information content (AvgIpc) is 2.30. The van der Waals surface area contributed by atoms with Gasteiger partial charge in [0.1, 0.15) is 11.6 Å². The molecule has 2 nitrogen and oxygen atoms in total. The first-order chi connectivity index (χ1) is 9.04. The predicted octanol–water partition coefficient (Wildman–Crippen LogP) is 4.43. The van der Waals surface area contributed by atoms with E-state index in [1.165, 1.54) is 0 Å². The molecule has 0 spiro atoms. The van der Waals surface area contributed by atoms with Gasteiger partial charge in [-0.05, 0) is 36.5 Å². The Morgan fingerprint density at radius 3 is 2.26 bits per heavy atom. The van der Waals surface area contributed by atoms with Crippen molar-refractivity contribution in [3.63, 3.8) is 0 Å². The third kappa shape index (κ3) is 3.87. The van der Waals surface area contributed by atoms with Crippen molar-refractivity contribution in [3.8, 4) is 0 Å². The minimum atomic E-state index is -0.678. The van der Waals surface area contributed by atoms with Gasteiger partial charge in [0, 0.05) is 11.8 Å². The van der Waals surface area contributed by atoms with Crippen molar-refractivity contribution in [1.29, 1.82) is 0 Å². The van der Waals surface area contributed by atoms with Crippen molar-refractivity contribution in [2.45, 2.75) is 0 Å². The minimum absolute atomic E-state index is 0.193. The Bertz CT molecular complexity index is 599. The van der Waals surface area contributed by atoms with Crippen LogP contribution in [-0.4, -0.2) is 5.11 Å². The van der Waals surface area contributed by atoms with Gasteiger partial charge in [0.15, 0.2) is 5.11 Å². The molecule has 0 saturated carbocycles. The highest BCUT2D eigenvalue weighted by atomic mass is 35.5. The van der Waals surface area contributed by atoms with Crippen LogP contribution in [0.25, 0.3) is 0 Å². The fourth-order valence-corrected chi connectivity index (χ4v) is 1.88. The summed E-state index contributed by atoms with van der Waals surface area (Å²) in [4.78, 5) is 0. The molecule has 0 unspecified atom stereocenters. The van der Waals surface area contributed by atoms with E-state index in [4.69, 9.17) is 23.8 Å². The number of rotatable bonds is 2. The van der Waals surface area contributed by atoms with E-state index in [-0.39, 0.29) is 10.8 Å². The fourth-order valence-electron chi connectivity index (χ4n) is 1.47. The second-order valence-corrected chi connectivity index (χ2v) is 4.53. The van der Waals surface area contributed by atoms with Gasteiger partial charge in [-0.3, -0.25) is 0 Å². The number of anilines is 2. The highest BCUT2D eigenvalue weighted by Crippen LogP contribution is 2.21. The van der Waals surface area contributed by atoms with Crippen LogP contribution in [0.5, 0.6) is 0 Å². The third-order valence-corrected chi connectivity index (χ3v) is 2.78. The average molecular weight is 299 g/mol. The van der Waals surface area contributed by atoms with Crippen LogP contribution in [0.1, 0.15) is 0 Å². The first-order valence-corrected chi connectivity index (χ1v) is 6.12. The Hall–Kier alpha value is -1.72. The van der Waals surface area contributed by atoms with Crippen LogP contribution in [0.4, 0.5) is 20.2 Å². The molecule has 0 fully saturated rings. The van der Waals surface area contributed by atoms with Crippen molar-refractivity contribution >= 4 is 40.3 Å². The molecule has 0 amide bonds. The molecule has 2 N–H and O–H groups in total. The summed E-state index contributed by atoms with van der Waals surface area (Å²) in [5, 5.41) is 6.21. The van der Waals surface area contributed by atoms with Crippen molar-refractivity contribution < 1.29 is 8.78 Å². The summed E-state index contributed by atoms with van der Waals surface area (Å²) in [5.41, 5.74) is 0.834. The van der Waals surface area contributed by atoms with Crippen LogP contribution in [0.3, 0.4) is 0 Å². The molecule has 98 valence electrons. The number of thiocarbonyl (C=S) groups is 1. The maximum absolute atomic E-state index is 13.0. The molecular weight excluding hydrogens is 290 g/mol. The molecule has 0 aliphatic carbocycles. The van der Waals surface area contributed by atoms with Gasteiger partial charge in [0.05, 0.1) is 10.7 Å². The zero-order valence-electron chi connectivity index (χ0n) is 9.58. The van der Waals surface area contributed by atoms with E-state index in [0.29, 0.717) is 10.7 Å². The van der Waals surface area contributed by atoms with Crippen molar-refractivity contribution in [2.75, 3.05) is 10.6 Å². The second-order valence-electron chi connectivity index (χ2n) is 3.72. The summed E-state index contributed by atoms with van der Waals surface area (Å²) in [6.07, 6.45) is 0. The molecule has 2 aromatic rings. The first-order valence-electron chi connectivity index (χ1n) is 5.33. The molecule has 2 rings (SSSR count). The van der Waals surface area contributed by atoms with E-state index in [1.807, 2.05) is 0 Å². The van der Waals surface area contributed by atoms with Crippen molar-refractivity contribution in [2.24, 2.45) is 0 Å². The summed E-state index contributed by atoms with van der Waals surface area (Å²) >= 11 is 11.0. The second kappa shape index (κ2) is 5.95. The van der Waals surface area contributed by atoms with Gasteiger partial charge in [-0.25, -0.2) is 8.78 Å². The van der Waals surface area contributed by atoms with Crippen LogP contribution in [0.15, 0.2) is 42.5 Å². The third-order valence-electron chi connectivity index (χ3n) is 2.24. The van der Waals surface area contributed by atoms with Gasteiger partial charge in [0.25, 0.3) is 0 Å². The van der Waals surface area contributed by atoms with Gasteiger partial charge in [-0.15, -0.1) is 0 Å². The fraction of sp³-hybridized carbons (Fsp3) is 0. The van der Waals surface area contributed by atoms with E-state index >= 15 is 0 Å². The molecule has 0 saturated heterocycles. The molecular formula is C13H9ClF2N2S. The Morgan fingerprint density at radius 1 is 1.00 bits per heavy atom. The topological polar surface area (TPSA) is 24.1 Å². The lowest BCUT2D eigenvalue weighted by atomic mass is 10.3. The van der Waals surface area contributed by atoms with Gasteiger partial charge in [-0.1, -0.05) is 23.7 Å². The summed E-state index contributed by atoms with van der Waals surface area (Å²) < 4.78 is 26.0. The smallest absolute Gasteiger partial charge is 0.175 e. The number of benzene rings is 2. The van der Waals surface area contributed by atoms with Crippen LogP contribution in [0.2, 0.25) is 5.02 Å². The number of nitrogens with one attached hydrogen (secondary N) is 2. The van der Waals surface area contributed by atoms with Crippen molar-refractivity contribution in [3.05, 3.63) is 59.1 Å². The van der Waals surface area contributed by atoms with E-state index in [1.54, 1.807) is 24.3 Å². The van der Waals surface area contributed by atoms with Crippen LogP contribution >= 0.6 is 23.8 Å². The monoisotopic (exact) mass is 298 g/mol. The van der Waals surface area contributed by atoms with Gasteiger partial charge < -0.3 is 10.6 Å². The maximum atomic E-state index is 13.0. The Kier molecular flexibility index (Phi) is 4.29. The molecule has 0 aromatic heterocycles. The molecule has 19 heavy (non-hydrogen) atoms. The summed E-state index contributed by atoms with van der Waals surface area (Å²) in [5.74, 6) is -1.36. The van der Waals surface area contributed by atoms with Crippen LogP contribution < -0.4 is 10.6 Å². The normalized spacial score (nSPS) is 10.1. The highest BCUT2D eigenvalue weighted by molar-refractivity contribution is 7.80. The van der Waals surface area contributed by atoms with E-state index in [9.17, 15) is 8.78 Å². The number of hydrogen-bond donors (Lipinski definition) is 2. The Morgan fingerprint density at radius 2 is 1.63 bits per heavy atom. The molecule has 0 aliphatic rings. The SMILES string of the molecule is Fc1cc(F)cc(NC(=S)Nc2ccccc2Cl)c1. The molecule has 0 heterocycles. The molecule has 6 heteroatoms. The van der Waals surface area contributed by atoms with Gasteiger partial charge >= 0.3 is 0 Å². The lowest BCUT2D eigenvalue weighted by Gasteiger charge is -2.11. The zero-order valence-corrected chi connectivity index (χ0v) is 11.2. The van der Waals surface area contributed by atoms with Crippen LogP contribution in [0, 0.1) is 11.6 Å². The quantitative estimate of drug-likeness (QED) is 0.802. The van der Waals surface area contributed by atoms with E-state index in [0.717, 1.165) is 18.2 Å². The van der Waals surface area contributed by atoms with Gasteiger partial charge in [-0.2, -0.15) is 0 Å². The van der Waals surface area contributed by atoms with Gasteiger partial charge in [0.2, 0.25) is 0 Å². The minimum Gasteiger partial charge on any atom is -0.332 e. The largest absolute Gasteiger partial charge is 0.332 e. The van der Waals surface area contributed by atoms with E-state index in [2.05, 4.69) is 10.6 Å². The number of para-hydroxylation sites is 1. The number of hydrogen-bond acceptors (Lipinski definition) is 1. The summed E-state index contributed by atoms with van der Waals surface area (Å²) in [7, 11) is 0. The highest BCUT2D eigenvalue weighted by Gasteiger charge is 2.04. The standard InChI is InChI=1S/C13H9ClF2N2S/c14-11-3-1-2-4-12(11)18-13(19)17-10-6-8(15)5-9(16)7-10/h1-7H,(H2,17,18,19). The predicted molar refractivity (Wildman–Crippen MR) is 77.7 cm³/mol. The molecule has 2 aromatic carbocycles. The maximum Gasteiger partial charge on any atom is 0.175 e. The molecule has 0 aliphatic heterocycles. The molecule has 0 bridgehead atoms. The van der Waals surface area contributed by atoms with Crippen LogP contribution in [-0.2, 0) is 0 Å². The molecule has 0 atom stereocenters. The first kappa shape index (κ1) is 13.7. The Labute approximate surface area is 119 Å². The number of halogens is 3.